The predicted octanol–water partition coefficient (Wildman–Crippen LogP) is 4.35. The van der Waals surface area contributed by atoms with Gasteiger partial charge in [-0.2, -0.15) is 0 Å². The van der Waals surface area contributed by atoms with Crippen molar-refractivity contribution in [2.75, 3.05) is 0 Å². The largest absolute Gasteiger partial charge is 0.303 e. The summed E-state index contributed by atoms with van der Waals surface area (Å²) in [6.45, 7) is 4.51. The number of rotatable bonds is 10. The molecule has 0 saturated carbocycles. The van der Waals surface area contributed by atoms with Crippen LogP contribution in [0.15, 0.2) is 0 Å². The Morgan fingerprint density at radius 3 is 2.29 bits per heavy atom. The van der Waals surface area contributed by atoms with Gasteiger partial charge in [0.25, 0.3) is 0 Å². The van der Waals surface area contributed by atoms with Gasteiger partial charge in [-0.25, -0.2) is 0 Å². The highest BCUT2D eigenvalue weighted by Crippen LogP contribution is 2.15. The number of carbonyl (C=O) groups is 1. The lowest BCUT2D eigenvalue weighted by Crippen LogP contribution is -1.95. The maximum atomic E-state index is 10.2. The number of hydrogen-bond acceptors (Lipinski definition) is 1. The molecule has 0 N–H and O–H groups in total. The van der Waals surface area contributed by atoms with Gasteiger partial charge >= 0.3 is 0 Å². The van der Waals surface area contributed by atoms with E-state index in [-0.39, 0.29) is 0 Å². The van der Waals surface area contributed by atoms with Gasteiger partial charge < -0.3 is 4.79 Å². The van der Waals surface area contributed by atoms with Gasteiger partial charge in [0, 0.05) is 6.42 Å². The molecule has 0 amide bonds. The molecule has 0 radical (unpaired) electrons. The Morgan fingerprint density at radius 1 is 1.00 bits per heavy atom. The van der Waals surface area contributed by atoms with E-state index in [0.29, 0.717) is 0 Å². The van der Waals surface area contributed by atoms with Crippen molar-refractivity contribution in [2.45, 2.75) is 71.6 Å². The fourth-order valence-electron chi connectivity index (χ4n) is 1.77. The van der Waals surface area contributed by atoms with Crippen LogP contribution >= 0.6 is 0 Å². The molecule has 0 rings (SSSR count). The van der Waals surface area contributed by atoms with Crippen molar-refractivity contribution in [1.82, 2.24) is 0 Å². The van der Waals surface area contributed by atoms with Crippen molar-refractivity contribution in [3.8, 4) is 0 Å². The molecule has 0 unspecified atom stereocenters. The first-order valence-electron chi connectivity index (χ1n) is 6.24. The first-order valence-corrected chi connectivity index (χ1v) is 6.24. The number of carbonyl (C=O) groups excluding carboxylic acids is 1. The van der Waals surface area contributed by atoms with Gasteiger partial charge in [0.1, 0.15) is 6.29 Å². The van der Waals surface area contributed by atoms with E-state index in [4.69, 9.17) is 0 Å². The number of aldehydes is 1. The van der Waals surface area contributed by atoms with E-state index >= 15 is 0 Å². The molecule has 0 saturated heterocycles. The fraction of sp³-hybridized carbons (Fsp3) is 0.923. The normalized spacial score (nSPS) is 12.7. The van der Waals surface area contributed by atoms with Gasteiger partial charge in [0.15, 0.2) is 0 Å². The summed E-state index contributed by atoms with van der Waals surface area (Å²) >= 11 is 0. The highest BCUT2D eigenvalue weighted by Gasteiger charge is 2.00. The van der Waals surface area contributed by atoms with Crippen LogP contribution in [0.4, 0.5) is 0 Å². The molecule has 0 bridgehead atoms. The third kappa shape index (κ3) is 9.76. The summed E-state index contributed by atoms with van der Waals surface area (Å²) < 4.78 is 0. The van der Waals surface area contributed by atoms with Crippen molar-refractivity contribution >= 4 is 6.29 Å². The SMILES string of the molecule is CCCCCCCC[C@@H](C)CCC=O. The average molecular weight is 198 g/mol. The molecule has 84 valence electrons. The lowest BCUT2D eigenvalue weighted by atomic mass is 9.98. The van der Waals surface area contributed by atoms with Crippen molar-refractivity contribution in [1.29, 1.82) is 0 Å². The van der Waals surface area contributed by atoms with Crippen LogP contribution in [0.2, 0.25) is 0 Å². The van der Waals surface area contributed by atoms with Crippen LogP contribution in [0.1, 0.15) is 71.6 Å². The second-order valence-corrected chi connectivity index (χ2v) is 4.41. The Bertz CT molecular complexity index is 120. The summed E-state index contributed by atoms with van der Waals surface area (Å²) in [5.41, 5.74) is 0. The van der Waals surface area contributed by atoms with E-state index in [1.165, 1.54) is 44.9 Å². The quantitative estimate of drug-likeness (QED) is 0.377. The molecule has 14 heavy (non-hydrogen) atoms. The van der Waals surface area contributed by atoms with Crippen molar-refractivity contribution in [3.63, 3.8) is 0 Å². The maximum absolute atomic E-state index is 10.2. The van der Waals surface area contributed by atoms with E-state index in [9.17, 15) is 4.79 Å². The smallest absolute Gasteiger partial charge is 0.120 e. The molecule has 0 heterocycles. The summed E-state index contributed by atoms with van der Waals surface area (Å²) in [7, 11) is 0. The first kappa shape index (κ1) is 13.7. The highest BCUT2D eigenvalue weighted by atomic mass is 16.1. The van der Waals surface area contributed by atoms with E-state index in [0.717, 1.165) is 25.0 Å². The fourth-order valence-corrected chi connectivity index (χ4v) is 1.77. The van der Waals surface area contributed by atoms with Crippen LogP contribution in [0, 0.1) is 5.92 Å². The third-order valence-electron chi connectivity index (χ3n) is 2.83. The zero-order valence-electron chi connectivity index (χ0n) is 9.93. The van der Waals surface area contributed by atoms with Crippen LogP contribution in [-0.4, -0.2) is 6.29 Å². The van der Waals surface area contributed by atoms with Crippen molar-refractivity contribution in [2.24, 2.45) is 5.92 Å². The Hall–Kier alpha value is -0.330. The van der Waals surface area contributed by atoms with Crippen molar-refractivity contribution < 1.29 is 4.79 Å². The lowest BCUT2D eigenvalue weighted by Gasteiger charge is -2.08. The van der Waals surface area contributed by atoms with Crippen LogP contribution < -0.4 is 0 Å². The lowest BCUT2D eigenvalue weighted by molar-refractivity contribution is -0.108. The summed E-state index contributed by atoms with van der Waals surface area (Å²) in [6.07, 6.45) is 12.4. The topological polar surface area (TPSA) is 17.1 Å². The molecule has 0 spiro atoms. The van der Waals surface area contributed by atoms with Gasteiger partial charge in [-0.3, -0.25) is 0 Å². The Labute approximate surface area is 89.3 Å². The molecular formula is C13H26O. The van der Waals surface area contributed by atoms with Gasteiger partial charge in [-0.05, 0) is 12.3 Å². The van der Waals surface area contributed by atoms with Crippen LogP contribution in [0.5, 0.6) is 0 Å². The summed E-state index contributed by atoms with van der Waals surface area (Å²) in [5.74, 6) is 0.742. The van der Waals surface area contributed by atoms with Crippen LogP contribution in [0.3, 0.4) is 0 Å². The molecular weight excluding hydrogens is 172 g/mol. The average Bonchev–Trinajstić information content (AvgIpc) is 2.20. The minimum atomic E-state index is 0.742. The maximum Gasteiger partial charge on any atom is 0.120 e. The van der Waals surface area contributed by atoms with Crippen molar-refractivity contribution in [3.05, 3.63) is 0 Å². The van der Waals surface area contributed by atoms with Gasteiger partial charge in [-0.15, -0.1) is 0 Å². The molecule has 1 nitrogen and oxygen atoms in total. The Balaban J connectivity index is 3.06. The number of hydrogen-bond donors (Lipinski definition) is 0. The van der Waals surface area contributed by atoms with Gasteiger partial charge in [0.05, 0.1) is 0 Å². The molecule has 0 aromatic carbocycles. The summed E-state index contributed by atoms with van der Waals surface area (Å²) in [6, 6.07) is 0. The van der Waals surface area contributed by atoms with Crippen LogP contribution in [-0.2, 0) is 4.79 Å². The van der Waals surface area contributed by atoms with E-state index in [1.807, 2.05) is 0 Å². The third-order valence-corrected chi connectivity index (χ3v) is 2.83. The molecule has 0 aromatic heterocycles. The summed E-state index contributed by atoms with van der Waals surface area (Å²) in [4.78, 5) is 10.2. The first-order chi connectivity index (χ1) is 6.81. The van der Waals surface area contributed by atoms with E-state index < -0.39 is 0 Å². The predicted molar refractivity (Wildman–Crippen MR) is 62.5 cm³/mol. The Kier molecular flexibility index (Phi) is 10.5. The zero-order valence-corrected chi connectivity index (χ0v) is 9.93. The molecule has 0 aliphatic carbocycles. The monoisotopic (exact) mass is 198 g/mol. The molecule has 1 atom stereocenters. The minimum Gasteiger partial charge on any atom is -0.303 e. The standard InChI is InChI=1S/C13H26O/c1-3-4-5-6-7-8-10-13(2)11-9-12-14/h12-13H,3-11H2,1-2H3/t13-/m1/s1. The molecule has 0 fully saturated rings. The van der Waals surface area contributed by atoms with Gasteiger partial charge in [0.2, 0.25) is 0 Å². The summed E-state index contributed by atoms with van der Waals surface area (Å²) in [5, 5.41) is 0. The highest BCUT2D eigenvalue weighted by molar-refractivity contribution is 5.49. The van der Waals surface area contributed by atoms with Gasteiger partial charge in [-0.1, -0.05) is 58.8 Å². The molecule has 0 aromatic rings. The second kappa shape index (κ2) is 10.7. The molecule has 0 aliphatic heterocycles. The molecule has 0 aliphatic rings. The van der Waals surface area contributed by atoms with E-state index in [1.54, 1.807) is 0 Å². The number of unbranched alkanes of at least 4 members (excludes halogenated alkanes) is 5. The van der Waals surface area contributed by atoms with Crippen LogP contribution in [0.25, 0.3) is 0 Å². The zero-order chi connectivity index (χ0) is 10.6. The van der Waals surface area contributed by atoms with E-state index in [2.05, 4.69) is 13.8 Å². The minimum absolute atomic E-state index is 0.742. The molecule has 1 heteroatoms. The second-order valence-electron chi connectivity index (χ2n) is 4.41. The Morgan fingerprint density at radius 2 is 1.64 bits per heavy atom.